The maximum absolute atomic E-state index is 14.3. The van der Waals surface area contributed by atoms with Crippen molar-refractivity contribution in [3.05, 3.63) is 0 Å². The molecule has 0 saturated heterocycles. The Morgan fingerprint density at radius 3 is 2.35 bits per heavy atom. The number of nitrogens with one attached hydrogen (secondary N) is 3. The van der Waals surface area contributed by atoms with Crippen LogP contribution in [0.4, 0.5) is 4.39 Å². The van der Waals surface area contributed by atoms with Gasteiger partial charge in [0.1, 0.15) is 6.17 Å². The predicted molar refractivity (Wildman–Crippen MR) is 111 cm³/mol. The molecule has 0 saturated carbocycles. The summed E-state index contributed by atoms with van der Waals surface area (Å²) < 4.78 is 25.5. The monoisotopic (exact) mass is 383 g/mol. The van der Waals surface area contributed by atoms with E-state index in [0.717, 1.165) is 19.5 Å². The molecule has 0 aromatic rings. The standard InChI is InChI=1S/C19H40FN3O3.3H2/c1-7-16(4)18(24)23-14-17(20)19(5,6)26-13-9-21-8-11-25-12-10-22-15(2)3;;;/h15-17,21-22H,7-14H2,1-6H3,(H,23,24);3*1H. The number of alkyl halides is 1. The molecule has 1 amide bonds. The van der Waals surface area contributed by atoms with Crippen LogP contribution in [0.3, 0.4) is 0 Å². The molecule has 0 heterocycles. The summed E-state index contributed by atoms with van der Waals surface area (Å²) in [6.45, 7) is 15.3. The van der Waals surface area contributed by atoms with Crippen LogP contribution >= 0.6 is 0 Å². The Bertz CT molecular complexity index is 382. The van der Waals surface area contributed by atoms with E-state index in [2.05, 4.69) is 29.8 Å². The van der Waals surface area contributed by atoms with Crippen LogP contribution in [0.25, 0.3) is 0 Å². The van der Waals surface area contributed by atoms with E-state index in [4.69, 9.17) is 9.47 Å². The molecule has 0 aliphatic heterocycles. The van der Waals surface area contributed by atoms with Crippen LogP contribution < -0.4 is 16.0 Å². The first-order valence-corrected chi connectivity index (χ1v) is 9.78. The fourth-order valence-corrected chi connectivity index (χ4v) is 2.06. The second kappa shape index (κ2) is 14.3. The van der Waals surface area contributed by atoms with Crippen molar-refractivity contribution in [2.24, 2.45) is 5.92 Å². The minimum absolute atomic E-state index is 0. The minimum Gasteiger partial charge on any atom is -0.379 e. The Labute approximate surface area is 163 Å². The zero-order chi connectivity index (χ0) is 20.0. The van der Waals surface area contributed by atoms with Gasteiger partial charge in [0.05, 0.1) is 32.0 Å². The van der Waals surface area contributed by atoms with E-state index in [1.807, 2.05) is 13.8 Å². The van der Waals surface area contributed by atoms with Gasteiger partial charge in [-0.25, -0.2) is 4.39 Å². The van der Waals surface area contributed by atoms with E-state index < -0.39 is 11.8 Å². The van der Waals surface area contributed by atoms with E-state index in [-0.39, 0.29) is 22.6 Å². The lowest BCUT2D eigenvalue weighted by atomic mass is 10.0. The molecule has 2 unspecified atom stereocenters. The molecule has 7 heteroatoms. The van der Waals surface area contributed by atoms with E-state index in [9.17, 15) is 9.18 Å². The first kappa shape index (κ1) is 25.2. The lowest BCUT2D eigenvalue weighted by molar-refractivity contribution is -0.125. The van der Waals surface area contributed by atoms with Crippen LogP contribution in [0, 0.1) is 5.92 Å². The van der Waals surface area contributed by atoms with Crippen molar-refractivity contribution >= 4 is 5.91 Å². The summed E-state index contributed by atoms with van der Waals surface area (Å²) in [7, 11) is 0. The Balaban J connectivity index is -0.00000104. The molecule has 3 N–H and O–H groups in total. The van der Waals surface area contributed by atoms with Crippen molar-refractivity contribution in [3.8, 4) is 0 Å². The fraction of sp³-hybridized carbons (Fsp3) is 0.947. The largest absolute Gasteiger partial charge is 0.379 e. The first-order chi connectivity index (χ1) is 12.2. The average Bonchev–Trinajstić information content (AvgIpc) is 2.59. The number of carbonyl (C=O) groups excluding carboxylic acids is 1. The third-order valence-corrected chi connectivity index (χ3v) is 4.24. The van der Waals surface area contributed by atoms with Crippen LogP contribution in [-0.2, 0) is 14.3 Å². The van der Waals surface area contributed by atoms with E-state index in [1.54, 1.807) is 13.8 Å². The molecule has 0 radical (unpaired) electrons. The second-order valence-electron chi connectivity index (χ2n) is 7.45. The summed E-state index contributed by atoms with van der Waals surface area (Å²) >= 11 is 0. The van der Waals surface area contributed by atoms with E-state index in [1.165, 1.54) is 0 Å². The normalized spacial score (nSPS) is 14.5. The SMILES string of the molecule is CCC(C)C(=O)NCC(F)C(C)(C)OCCNCCOCCNC(C)C.[HH].[HH].[HH]. The number of carbonyl (C=O) groups is 1. The molecule has 0 rings (SSSR count). The molecule has 162 valence electrons. The Kier molecular flexibility index (Phi) is 13.9. The molecule has 26 heavy (non-hydrogen) atoms. The highest BCUT2D eigenvalue weighted by Crippen LogP contribution is 2.17. The predicted octanol–water partition coefficient (Wildman–Crippen LogP) is 2.62. The van der Waals surface area contributed by atoms with Crippen molar-refractivity contribution in [1.29, 1.82) is 0 Å². The molecule has 0 fully saturated rings. The number of hydrogen-bond donors (Lipinski definition) is 3. The maximum atomic E-state index is 14.3. The molecule has 6 nitrogen and oxygen atoms in total. The van der Waals surface area contributed by atoms with Gasteiger partial charge in [0.2, 0.25) is 5.91 Å². The number of hydrogen-bond acceptors (Lipinski definition) is 5. The third kappa shape index (κ3) is 12.6. The highest BCUT2D eigenvalue weighted by Gasteiger charge is 2.31. The summed E-state index contributed by atoms with van der Waals surface area (Å²) in [6, 6.07) is 0.472. The van der Waals surface area contributed by atoms with Crippen molar-refractivity contribution in [1.82, 2.24) is 16.0 Å². The smallest absolute Gasteiger partial charge is 0.222 e. The molecule has 0 aliphatic carbocycles. The molecule has 2 atom stereocenters. The quantitative estimate of drug-likeness (QED) is 0.357. The number of halogens is 1. The van der Waals surface area contributed by atoms with Crippen molar-refractivity contribution in [2.75, 3.05) is 46.0 Å². The average molecular weight is 384 g/mol. The molecule has 0 aliphatic rings. The Morgan fingerprint density at radius 2 is 1.73 bits per heavy atom. The third-order valence-electron chi connectivity index (χ3n) is 4.24. The van der Waals surface area contributed by atoms with Gasteiger partial charge >= 0.3 is 0 Å². The zero-order valence-corrected chi connectivity index (χ0v) is 17.5. The minimum atomic E-state index is -1.26. The van der Waals surface area contributed by atoms with E-state index >= 15 is 0 Å². The first-order valence-electron chi connectivity index (χ1n) is 9.78. The van der Waals surface area contributed by atoms with Crippen molar-refractivity contribution < 1.29 is 22.9 Å². The highest BCUT2D eigenvalue weighted by molar-refractivity contribution is 5.78. The van der Waals surface area contributed by atoms with Crippen LogP contribution in [0.15, 0.2) is 0 Å². The fourth-order valence-electron chi connectivity index (χ4n) is 2.06. The Hall–Kier alpha value is -0.760. The molecule has 0 spiro atoms. The number of ether oxygens (including phenoxy) is 2. The van der Waals surface area contributed by atoms with Gasteiger partial charge < -0.3 is 25.4 Å². The maximum Gasteiger partial charge on any atom is 0.222 e. The second-order valence-corrected chi connectivity index (χ2v) is 7.45. The molecular formula is C19H46FN3O3. The van der Waals surface area contributed by atoms with Gasteiger partial charge in [0.15, 0.2) is 0 Å². The Morgan fingerprint density at radius 1 is 1.12 bits per heavy atom. The van der Waals surface area contributed by atoms with Crippen LogP contribution in [0.1, 0.15) is 52.2 Å². The summed E-state index contributed by atoms with van der Waals surface area (Å²) in [5, 5.41) is 9.14. The van der Waals surface area contributed by atoms with Gasteiger partial charge in [-0.05, 0) is 20.3 Å². The van der Waals surface area contributed by atoms with Gasteiger partial charge in [-0.1, -0.05) is 27.7 Å². The number of amides is 1. The lowest BCUT2D eigenvalue weighted by Crippen LogP contribution is -2.45. The van der Waals surface area contributed by atoms with Gasteiger partial charge in [-0.15, -0.1) is 0 Å². The van der Waals surface area contributed by atoms with Gasteiger partial charge in [-0.3, -0.25) is 4.79 Å². The summed E-state index contributed by atoms with van der Waals surface area (Å²) in [5.74, 6) is -0.213. The van der Waals surface area contributed by atoms with Crippen LogP contribution in [0.5, 0.6) is 0 Å². The summed E-state index contributed by atoms with van der Waals surface area (Å²) in [6.07, 6.45) is -0.515. The lowest BCUT2D eigenvalue weighted by Gasteiger charge is -2.29. The van der Waals surface area contributed by atoms with Crippen LogP contribution in [-0.4, -0.2) is 69.7 Å². The van der Waals surface area contributed by atoms with Crippen LogP contribution in [0.2, 0.25) is 0 Å². The van der Waals surface area contributed by atoms with E-state index in [0.29, 0.717) is 32.4 Å². The van der Waals surface area contributed by atoms with Gasteiger partial charge in [0, 0.05) is 35.9 Å². The topological polar surface area (TPSA) is 71.6 Å². The van der Waals surface area contributed by atoms with Crippen molar-refractivity contribution in [2.45, 2.75) is 65.8 Å². The molecular weight excluding hydrogens is 337 g/mol. The van der Waals surface area contributed by atoms with Gasteiger partial charge in [0.25, 0.3) is 0 Å². The zero-order valence-electron chi connectivity index (χ0n) is 17.5. The van der Waals surface area contributed by atoms with Crippen molar-refractivity contribution in [3.63, 3.8) is 0 Å². The summed E-state index contributed by atoms with van der Waals surface area (Å²) in [4.78, 5) is 11.7. The number of rotatable bonds is 16. The molecule has 0 aromatic carbocycles. The molecule has 0 aromatic heterocycles. The van der Waals surface area contributed by atoms with Gasteiger partial charge in [-0.2, -0.15) is 0 Å². The highest BCUT2D eigenvalue weighted by atomic mass is 19.1. The summed E-state index contributed by atoms with van der Waals surface area (Å²) in [5.41, 5.74) is -0.941. The molecule has 0 bridgehead atoms.